The molecule has 0 bridgehead atoms. The molecular weight excluding hydrogens is 1220 g/mol. The first-order valence-corrected chi connectivity index (χ1v) is 38.7. The quantitative estimate of drug-likeness (QED) is 0.0460. The van der Waals surface area contributed by atoms with Gasteiger partial charge >= 0.3 is 12.2 Å². The van der Waals surface area contributed by atoms with Crippen LogP contribution in [-0.4, -0.2) is 126 Å². The summed E-state index contributed by atoms with van der Waals surface area (Å²) < 4.78 is 25.8. The summed E-state index contributed by atoms with van der Waals surface area (Å²) in [6.07, 6.45) is 18.3. The summed E-state index contributed by atoms with van der Waals surface area (Å²) in [6, 6.07) is 14.0. The molecule has 3 N–H and O–H groups in total. The van der Waals surface area contributed by atoms with Crippen molar-refractivity contribution in [1.82, 2.24) is 59.9 Å². The summed E-state index contributed by atoms with van der Waals surface area (Å²) in [5.41, 5.74) is 9.23. The second-order valence-corrected chi connectivity index (χ2v) is 39.8. The predicted octanol–water partition coefficient (Wildman–Crippen LogP) is 14.9. The van der Waals surface area contributed by atoms with E-state index in [2.05, 4.69) is 101 Å². The summed E-state index contributed by atoms with van der Waals surface area (Å²) in [7, 11) is -2.37. The third kappa shape index (κ3) is 19.8. The number of nitrogens with two attached hydrogens (primary N) is 1. The van der Waals surface area contributed by atoms with Gasteiger partial charge < -0.3 is 30.0 Å². The van der Waals surface area contributed by atoms with Crippen LogP contribution in [0.1, 0.15) is 115 Å². The Hall–Kier alpha value is -6.37. The van der Waals surface area contributed by atoms with E-state index in [9.17, 15) is 9.59 Å². The van der Waals surface area contributed by atoms with E-state index in [0.717, 1.165) is 76.3 Å². The number of pyridine rings is 4. The van der Waals surface area contributed by atoms with Gasteiger partial charge in [-0.25, -0.2) is 19.6 Å². The van der Waals surface area contributed by atoms with Gasteiger partial charge in [-0.3, -0.25) is 19.8 Å². The van der Waals surface area contributed by atoms with Crippen molar-refractivity contribution in [3.05, 3.63) is 88.1 Å². The monoisotopic (exact) mass is 1300 g/mol. The number of hydrogen-bond donors (Lipinski definition) is 2. The van der Waals surface area contributed by atoms with Gasteiger partial charge in [-0.2, -0.15) is 19.6 Å². The van der Waals surface area contributed by atoms with E-state index >= 15 is 0 Å². The van der Waals surface area contributed by atoms with Crippen molar-refractivity contribution in [2.45, 2.75) is 167 Å². The first-order valence-electron chi connectivity index (χ1n) is 28.9. The zero-order chi connectivity index (χ0) is 61.1. The first-order chi connectivity index (χ1) is 40.2. The molecule has 456 valence electrons. The molecule has 0 spiro atoms. The van der Waals surface area contributed by atoms with Gasteiger partial charge in [0.25, 0.3) is 0 Å². The van der Waals surface area contributed by atoms with Gasteiger partial charge in [0, 0.05) is 51.9 Å². The molecule has 2 aliphatic carbocycles. The summed E-state index contributed by atoms with van der Waals surface area (Å²) in [5.74, 6) is 2.58. The predicted molar refractivity (Wildman–Crippen MR) is 347 cm³/mol. The number of nitrogen functional groups attached to an aromatic ring is 1. The number of rotatable bonds is 18. The number of fused-ring (bicyclic) bond motifs is 2. The molecule has 0 aliphatic heterocycles. The molecule has 22 nitrogen and oxygen atoms in total. The molecule has 85 heavy (non-hydrogen) atoms. The Balaban J connectivity index is 0.000000189. The number of halogens is 1. The number of nitrogens with zero attached hydrogens (tertiary/aromatic N) is 14. The molecule has 0 saturated heterocycles. The van der Waals surface area contributed by atoms with Crippen LogP contribution in [0.15, 0.2) is 78.1 Å². The number of anilines is 7. The van der Waals surface area contributed by atoms with Crippen LogP contribution in [0.25, 0.3) is 22.1 Å². The minimum Gasteiger partial charge on any atom is -0.442 e. The Morgan fingerprint density at radius 1 is 0.624 bits per heavy atom. The fourth-order valence-electron chi connectivity index (χ4n) is 8.90. The van der Waals surface area contributed by atoms with Crippen molar-refractivity contribution in [3.63, 3.8) is 0 Å². The van der Waals surface area contributed by atoms with Crippen LogP contribution in [0.5, 0.6) is 0 Å². The molecule has 27 heteroatoms. The lowest BCUT2D eigenvalue weighted by molar-refractivity contribution is 0.0503. The third-order valence-corrected chi connectivity index (χ3v) is 19.4. The van der Waals surface area contributed by atoms with Crippen LogP contribution in [0.3, 0.4) is 0 Å². The van der Waals surface area contributed by atoms with Crippen LogP contribution < -0.4 is 20.9 Å². The van der Waals surface area contributed by atoms with Crippen LogP contribution in [0.4, 0.5) is 48.6 Å². The van der Waals surface area contributed by atoms with E-state index in [1.165, 1.54) is 68.4 Å². The molecule has 8 aromatic heterocycles. The zero-order valence-corrected chi connectivity index (χ0v) is 56.2. The summed E-state index contributed by atoms with van der Waals surface area (Å²) in [6.45, 7) is 27.2. The first kappa shape index (κ1) is 64.6. The molecule has 8 aromatic rings. The Kier molecular flexibility index (Phi) is 21.6. The minimum atomic E-state index is -1.22. The van der Waals surface area contributed by atoms with Crippen molar-refractivity contribution in [3.8, 4) is 0 Å². The van der Waals surface area contributed by atoms with Crippen molar-refractivity contribution in [1.29, 1.82) is 0 Å². The fraction of sp³-hybridized carbons (Fsp3) is 0.517. The van der Waals surface area contributed by atoms with Gasteiger partial charge in [-0.05, 0) is 132 Å². The smallest absolute Gasteiger partial charge is 0.435 e. The largest absolute Gasteiger partial charge is 0.442 e. The number of nitrogens with one attached hydrogen (secondary N) is 1. The second-order valence-electron chi connectivity index (χ2n) is 25.6. The summed E-state index contributed by atoms with van der Waals surface area (Å²) >= 11 is 6.80. The summed E-state index contributed by atoms with van der Waals surface area (Å²) in [5, 5.41) is 33.1. The number of aromatic nitrogens is 12. The molecule has 0 unspecified atom stereocenters. The van der Waals surface area contributed by atoms with Gasteiger partial charge in [0.1, 0.15) is 46.3 Å². The van der Waals surface area contributed by atoms with Crippen LogP contribution in [0.2, 0.25) is 51.4 Å². The normalized spacial score (nSPS) is 14.2. The van der Waals surface area contributed by atoms with Gasteiger partial charge in [0.2, 0.25) is 10.3 Å². The van der Waals surface area contributed by atoms with Crippen LogP contribution in [-0.2, 0) is 18.9 Å². The van der Waals surface area contributed by atoms with E-state index < -0.39 is 39.5 Å². The van der Waals surface area contributed by atoms with Gasteiger partial charge in [-0.1, -0.05) is 87.6 Å². The van der Waals surface area contributed by atoms with E-state index in [1.54, 1.807) is 68.2 Å². The van der Waals surface area contributed by atoms with Crippen molar-refractivity contribution < 1.29 is 28.5 Å². The van der Waals surface area contributed by atoms with Crippen LogP contribution >= 0.6 is 38.6 Å². The van der Waals surface area contributed by atoms with Crippen molar-refractivity contribution >= 4 is 128 Å². The lowest BCUT2D eigenvalue weighted by atomic mass is 10.1. The van der Waals surface area contributed by atoms with Crippen LogP contribution in [0, 0.1) is 0 Å². The number of hydrogen-bond acceptors (Lipinski definition) is 22. The van der Waals surface area contributed by atoms with Gasteiger partial charge in [-0.15, -0.1) is 20.4 Å². The Labute approximate surface area is 516 Å². The van der Waals surface area contributed by atoms with Gasteiger partial charge in [0.05, 0.1) is 70.1 Å². The van der Waals surface area contributed by atoms with E-state index in [0.29, 0.717) is 54.5 Å². The highest BCUT2D eigenvalue weighted by atomic mass is 79.9. The highest BCUT2D eigenvalue weighted by Gasteiger charge is 2.27. The fourth-order valence-corrected chi connectivity index (χ4v) is 12.7. The molecule has 8 heterocycles. The molecule has 2 aliphatic rings. The van der Waals surface area contributed by atoms with Crippen molar-refractivity contribution in [2.75, 3.05) is 47.5 Å². The maximum atomic E-state index is 12.3. The van der Waals surface area contributed by atoms with E-state index in [1.807, 2.05) is 67.0 Å². The third-order valence-electron chi connectivity index (χ3n) is 13.4. The lowest BCUT2D eigenvalue weighted by Gasteiger charge is -2.22. The topological polar surface area (TPSA) is 254 Å². The molecule has 0 amide bonds. The average Bonchev–Trinajstić information content (AvgIpc) is 4.50. The average molecular weight is 1300 g/mol. The second kappa shape index (κ2) is 28.4. The molecule has 2 fully saturated rings. The van der Waals surface area contributed by atoms with E-state index in [-0.39, 0.29) is 0 Å². The van der Waals surface area contributed by atoms with E-state index in [4.69, 9.17) is 34.6 Å². The molecule has 10 rings (SSSR count). The number of ether oxygens (including phenoxy) is 4. The molecular formula is C58H81BrN16O6S2Si2. The summed E-state index contributed by atoms with van der Waals surface area (Å²) in [4.78, 5) is 46.5. The van der Waals surface area contributed by atoms with Crippen molar-refractivity contribution in [2.24, 2.45) is 0 Å². The standard InChI is InChI=1S/C29H40N8O3SSi.C21H28BrN5OSSi.C8H13N3O2/c1-29(2,3)40-28(38)37-18-22(17-31-37)32-21-15-24-23(30-16-21)11-12-25(33-24)36(19-39-13-14-42(4,5)6)27-35-34-26(41-27)20-9-7-8-10-20;1-30(2,3)11-10-28-14-27(21-26-25-20(29-21)15-6-4-5-7-15)19-9-8-17-18(24-19)12-16(22)13-23-17;1-8(2,3)13-7(12)11-5-6(9)4-10-11/h11-12,15-18,20,32H,7-10,13-14,19H2,1-6H3;8-9,12-13,15H,4-7,10-11,14H2,1-3H3;4-5H,9H2,1-3H3. The lowest BCUT2D eigenvalue weighted by Crippen LogP contribution is -2.27. The molecule has 2 saturated carbocycles. The maximum Gasteiger partial charge on any atom is 0.435 e. The van der Waals surface area contributed by atoms with Gasteiger partial charge in [0.15, 0.2) is 0 Å². The Bertz CT molecular complexity index is 3490. The Morgan fingerprint density at radius 3 is 1.54 bits per heavy atom. The highest BCUT2D eigenvalue weighted by Crippen LogP contribution is 2.40. The molecule has 0 radical (unpaired) electrons. The number of carbonyl (C=O) groups excluding carboxylic acids is 2. The minimum absolute atomic E-state index is 0.345. The maximum absolute atomic E-state index is 12.3. The SMILES string of the molecule is CC(C)(C)OC(=O)n1cc(N)cn1.CC(C)(C)OC(=O)n1cc(Nc2cnc3ccc(N(COCC[Si](C)(C)C)c4nnc(C5CCCC5)s4)nc3c2)cn1.C[Si](C)(C)CCOCN(c1ccc2ncc(Br)cc2n1)c1nnc(C2CCCC2)s1. The molecule has 0 aromatic carbocycles. The Morgan fingerprint density at radius 2 is 1.08 bits per heavy atom. The highest BCUT2D eigenvalue weighted by molar-refractivity contribution is 9.10. The number of carbonyl (C=O) groups is 2. The zero-order valence-electron chi connectivity index (χ0n) is 51.0. The molecule has 0 atom stereocenters.